The number of aliphatic hydroxyl groups is 1. The second-order valence-corrected chi connectivity index (χ2v) is 8.58. The van der Waals surface area contributed by atoms with Gasteiger partial charge < -0.3 is 24.2 Å². The molecule has 4 rings (SSSR count). The lowest BCUT2D eigenvalue weighted by molar-refractivity contribution is -0.140. The number of aliphatic hydroxyl groups excluding tert-OH is 1. The smallest absolute Gasteiger partial charge is 0.337 e. The van der Waals surface area contributed by atoms with Crippen molar-refractivity contribution in [3.05, 3.63) is 100 Å². The predicted molar refractivity (Wildman–Crippen MR) is 136 cm³/mol. The van der Waals surface area contributed by atoms with Gasteiger partial charge in [0.25, 0.3) is 11.7 Å². The number of hydrogen-bond donors (Lipinski definition) is 1. The molecule has 1 heterocycles. The Bertz CT molecular complexity index is 1390. The van der Waals surface area contributed by atoms with Crippen LogP contribution in [-0.2, 0) is 20.9 Å². The zero-order valence-corrected chi connectivity index (χ0v) is 21.0. The van der Waals surface area contributed by atoms with Crippen LogP contribution in [0.25, 0.3) is 5.76 Å². The second-order valence-electron chi connectivity index (χ2n) is 8.58. The van der Waals surface area contributed by atoms with E-state index in [1.165, 1.54) is 19.1 Å². The molecule has 3 aromatic rings. The van der Waals surface area contributed by atoms with Crippen LogP contribution in [0, 0.1) is 6.92 Å². The first-order chi connectivity index (χ1) is 17.8. The number of benzene rings is 3. The van der Waals surface area contributed by atoms with Crippen LogP contribution in [0.15, 0.2) is 72.3 Å². The van der Waals surface area contributed by atoms with Crippen molar-refractivity contribution in [2.75, 3.05) is 21.3 Å². The van der Waals surface area contributed by atoms with Crippen molar-refractivity contribution in [3.63, 3.8) is 0 Å². The monoisotopic (exact) mass is 501 g/mol. The van der Waals surface area contributed by atoms with E-state index in [2.05, 4.69) is 0 Å². The summed E-state index contributed by atoms with van der Waals surface area (Å²) in [6, 6.07) is 17.8. The number of rotatable bonds is 7. The minimum Gasteiger partial charge on any atom is -0.507 e. The summed E-state index contributed by atoms with van der Waals surface area (Å²) >= 11 is 0. The number of nitrogens with zero attached hydrogens (tertiary/aromatic N) is 1. The Labute approximate surface area is 214 Å². The Morgan fingerprint density at radius 2 is 1.62 bits per heavy atom. The molecular weight excluding hydrogens is 474 g/mol. The minimum atomic E-state index is -0.863. The third-order valence-electron chi connectivity index (χ3n) is 6.35. The molecule has 1 saturated heterocycles. The van der Waals surface area contributed by atoms with E-state index in [1.807, 2.05) is 6.92 Å². The van der Waals surface area contributed by atoms with Crippen molar-refractivity contribution in [1.29, 1.82) is 0 Å². The molecule has 1 aliphatic rings. The van der Waals surface area contributed by atoms with E-state index in [0.29, 0.717) is 33.8 Å². The van der Waals surface area contributed by atoms with Crippen LogP contribution in [-0.4, -0.2) is 49.0 Å². The lowest BCUT2D eigenvalue weighted by Gasteiger charge is -2.26. The van der Waals surface area contributed by atoms with Crippen LogP contribution in [0.2, 0.25) is 0 Å². The summed E-state index contributed by atoms with van der Waals surface area (Å²) in [6.07, 6.45) is 0. The number of amides is 1. The van der Waals surface area contributed by atoms with Crippen molar-refractivity contribution in [1.82, 2.24) is 4.90 Å². The Kier molecular flexibility index (Phi) is 7.29. The molecule has 1 fully saturated rings. The molecule has 0 saturated carbocycles. The van der Waals surface area contributed by atoms with E-state index in [4.69, 9.17) is 14.2 Å². The van der Waals surface area contributed by atoms with Crippen LogP contribution >= 0.6 is 0 Å². The highest BCUT2D eigenvalue weighted by Gasteiger charge is 2.46. The molecule has 8 nitrogen and oxygen atoms in total. The molecule has 0 radical (unpaired) electrons. The molecule has 1 aliphatic heterocycles. The van der Waals surface area contributed by atoms with Gasteiger partial charge in [-0.15, -0.1) is 0 Å². The first-order valence-electron chi connectivity index (χ1n) is 11.5. The second kappa shape index (κ2) is 10.6. The first kappa shape index (κ1) is 25.5. The van der Waals surface area contributed by atoms with Gasteiger partial charge in [-0.2, -0.15) is 0 Å². The third kappa shape index (κ3) is 4.91. The predicted octanol–water partition coefficient (Wildman–Crippen LogP) is 4.42. The molecule has 8 heteroatoms. The Morgan fingerprint density at radius 3 is 2.24 bits per heavy atom. The summed E-state index contributed by atoms with van der Waals surface area (Å²) in [5.41, 5.74) is 2.82. The number of methoxy groups -OCH3 is 3. The standard InChI is InChI=1S/C29H27NO7/c1-17-14-21(12-13-23(17)36-3)26(31)24-25(20-6-5-7-22(15-20)35-2)30(28(33)27(24)32)16-18-8-10-19(11-9-18)29(34)37-4/h5-15,25,31H,16H2,1-4H3/b26-24-. The number of ketones is 1. The van der Waals surface area contributed by atoms with Gasteiger partial charge in [-0.1, -0.05) is 24.3 Å². The molecule has 1 unspecified atom stereocenters. The van der Waals surface area contributed by atoms with Gasteiger partial charge in [0.1, 0.15) is 17.3 Å². The molecule has 37 heavy (non-hydrogen) atoms. The molecular formula is C29H27NO7. The molecule has 1 atom stereocenters. The lowest BCUT2D eigenvalue weighted by atomic mass is 9.94. The zero-order chi connectivity index (χ0) is 26.7. The molecule has 0 spiro atoms. The maximum Gasteiger partial charge on any atom is 0.337 e. The Hall–Kier alpha value is -4.59. The molecule has 0 aromatic heterocycles. The summed E-state index contributed by atoms with van der Waals surface area (Å²) in [6.45, 7) is 1.90. The van der Waals surface area contributed by atoms with Crippen molar-refractivity contribution >= 4 is 23.4 Å². The topological polar surface area (TPSA) is 102 Å². The maximum atomic E-state index is 13.3. The molecule has 190 valence electrons. The maximum absolute atomic E-state index is 13.3. The fourth-order valence-corrected chi connectivity index (χ4v) is 4.44. The van der Waals surface area contributed by atoms with Crippen molar-refractivity contribution in [2.45, 2.75) is 19.5 Å². The minimum absolute atomic E-state index is 0.0194. The van der Waals surface area contributed by atoms with Crippen LogP contribution in [0.1, 0.15) is 38.7 Å². The van der Waals surface area contributed by atoms with E-state index < -0.39 is 23.7 Å². The van der Waals surface area contributed by atoms with Gasteiger partial charge in [0.2, 0.25) is 0 Å². The number of esters is 1. The molecule has 0 aliphatic carbocycles. The highest BCUT2D eigenvalue weighted by Crippen LogP contribution is 2.41. The summed E-state index contributed by atoms with van der Waals surface area (Å²) in [4.78, 5) is 39.8. The molecule has 1 amide bonds. The van der Waals surface area contributed by atoms with Gasteiger partial charge >= 0.3 is 5.97 Å². The van der Waals surface area contributed by atoms with Crippen LogP contribution in [0.4, 0.5) is 0 Å². The van der Waals surface area contributed by atoms with Gasteiger partial charge in [-0.05, 0) is 66.1 Å². The third-order valence-corrected chi connectivity index (χ3v) is 6.35. The lowest BCUT2D eigenvalue weighted by Crippen LogP contribution is -2.29. The van der Waals surface area contributed by atoms with E-state index in [0.717, 1.165) is 5.56 Å². The van der Waals surface area contributed by atoms with Gasteiger partial charge in [0, 0.05) is 12.1 Å². The van der Waals surface area contributed by atoms with Crippen LogP contribution in [0.3, 0.4) is 0 Å². The number of hydrogen-bond acceptors (Lipinski definition) is 7. The van der Waals surface area contributed by atoms with Gasteiger partial charge in [0.05, 0.1) is 38.5 Å². The number of ether oxygens (including phenoxy) is 3. The normalized spacial score (nSPS) is 16.5. The number of carbonyl (C=O) groups is 3. The Balaban J connectivity index is 1.82. The average Bonchev–Trinajstić information content (AvgIpc) is 3.17. The van der Waals surface area contributed by atoms with Crippen LogP contribution in [0.5, 0.6) is 11.5 Å². The summed E-state index contributed by atoms with van der Waals surface area (Å²) in [5.74, 6) is -1.09. The van der Waals surface area contributed by atoms with Crippen molar-refractivity contribution in [3.8, 4) is 11.5 Å². The zero-order valence-electron chi connectivity index (χ0n) is 21.0. The van der Waals surface area contributed by atoms with E-state index in [-0.39, 0.29) is 17.9 Å². The highest BCUT2D eigenvalue weighted by molar-refractivity contribution is 6.46. The number of likely N-dealkylation sites (tertiary alicyclic amines) is 1. The van der Waals surface area contributed by atoms with Gasteiger partial charge in [0.15, 0.2) is 0 Å². The average molecular weight is 502 g/mol. The number of Topliss-reactive ketones (excluding diaryl/α,β-unsaturated/α-hetero) is 1. The quantitative estimate of drug-likeness (QED) is 0.221. The summed E-state index contributed by atoms with van der Waals surface area (Å²) in [7, 11) is 4.38. The number of carbonyl (C=O) groups excluding carboxylic acids is 3. The van der Waals surface area contributed by atoms with Gasteiger partial charge in [-0.25, -0.2) is 4.79 Å². The first-order valence-corrected chi connectivity index (χ1v) is 11.5. The molecule has 0 bridgehead atoms. The number of aryl methyl sites for hydroxylation is 1. The summed E-state index contributed by atoms with van der Waals surface area (Å²) in [5, 5.41) is 11.3. The van der Waals surface area contributed by atoms with Crippen LogP contribution < -0.4 is 9.47 Å². The van der Waals surface area contributed by atoms with E-state index in [1.54, 1.807) is 73.8 Å². The molecule has 3 aromatic carbocycles. The summed E-state index contributed by atoms with van der Waals surface area (Å²) < 4.78 is 15.4. The Morgan fingerprint density at radius 1 is 0.919 bits per heavy atom. The SMILES string of the molecule is COC(=O)c1ccc(CN2C(=O)C(=O)/C(=C(\O)c3ccc(OC)c(C)c3)C2c2cccc(OC)c2)cc1. The van der Waals surface area contributed by atoms with E-state index in [9.17, 15) is 19.5 Å². The molecule has 1 N–H and O–H groups in total. The van der Waals surface area contributed by atoms with Crippen molar-refractivity contribution in [2.24, 2.45) is 0 Å². The van der Waals surface area contributed by atoms with Gasteiger partial charge in [-0.3, -0.25) is 9.59 Å². The fourth-order valence-electron chi connectivity index (χ4n) is 4.44. The van der Waals surface area contributed by atoms with E-state index >= 15 is 0 Å². The fraction of sp³-hybridized carbons (Fsp3) is 0.207. The largest absolute Gasteiger partial charge is 0.507 e. The van der Waals surface area contributed by atoms with Crippen molar-refractivity contribution < 1.29 is 33.7 Å². The highest BCUT2D eigenvalue weighted by atomic mass is 16.5.